The summed E-state index contributed by atoms with van der Waals surface area (Å²) in [5.74, 6) is 1.64. The third-order valence-electron chi connectivity index (χ3n) is 4.13. The van der Waals surface area contributed by atoms with E-state index in [9.17, 15) is 0 Å². The standard InChI is InChI=1S/C16H26N2O/c1-12(2)18-9-8-14(11-17-3)16(18)13-6-5-7-15(10-13)19-4/h5-7,10,12,14,16-17H,8-9,11H2,1-4H3. The zero-order chi connectivity index (χ0) is 13.8. The van der Waals surface area contributed by atoms with Crippen LogP contribution in [-0.4, -0.2) is 38.2 Å². The first-order valence-corrected chi connectivity index (χ1v) is 7.21. The van der Waals surface area contributed by atoms with Crippen LogP contribution in [0.1, 0.15) is 31.9 Å². The molecule has 2 atom stereocenters. The molecule has 1 aliphatic rings. The topological polar surface area (TPSA) is 24.5 Å². The Morgan fingerprint density at radius 1 is 1.42 bits per heavy atom. The van der Waals surface area contributed by atoms with Gasteiger partial charge in [-0.25, -0.2) is 0 Å². The minimum Gasteiger partial charge on any atom is -0.497 e. The largest absolute Gasteiger partial charge is 0.497 e. The first-order valence-electron chi connectivity index (χ1n) is 7.21. The maximum absolute atomic E-state index is 5.37. The van der Waals surface area contributed by atoms with Gasteiger partial charge in [-0.3, -0.25) is 4.90 Å². The molecule has 0 aromatic heterocycles. The lowest BCUT2D eigenvalue weighted by Crippen LogP contribution is -2.33. The molecule has 3 nitrogen and oxygen atoms in total. The lowest BCUT2D eigenvalue weighted by atomic mass is 9.93. The van der Waals surface area contributed by atoms with Crippen LogP contribution in [0.15, 0.2) is 24.3 Å². The molecule has 0 aliphatic carbocycles. The zero-order valence-corrected chi connectivity index (χ0v) is 12.5. The van der Waals surface area contributed by atoms with E-state index in [2.05, 4.69) is 42.3 Å². The molecule has 2 unspecified atom stereocenters. The highest BCUT2D eigenvalue weighted by atomic mass is 16.5. The Labute approximate surface area is 116 Å². The van der Waals surface area contributed by atoms with Crippen LogP contribution < -0.4 is 10.1 Å². The van der Waals surface area contributed by atoms with Crippen LogP contribution in [0.25, 0.3) is 0 Å². The molecule has 1 aromatic carbocycles. The maximum Gasteiger partial charge on any atom is 0.119 e. The maximum atomic E-state index is 5.37. The van der Waals surface area contributed by atoms with E-state index >= 15 is 0 Å². The first kappa shape index (κ1) is 14.4. The normalized spacial score (nSPS) is 24.1. The highest BCUT2D eigenvalue weighted by molar-refractivity contribution is 5.31. The Morgan fingerprint density at radius 3 is 2.84 bits per heavy atom. The summed E-state index contributed by atoms with van der Waals surface area (Å²) in [5.41, 5.74) is 1.38. The SMILES string of the molecule is CNCC1CCN(C(C)C)C1c1cccc(OC)c1. The molecule has 106 valence electrons. The number of ether oxygens (including phenoxy) is 1. The molecular formula is C16H26N2O. The summed E-state index contributed by atoms with van der Waals surface area (Å²) in [7, 11) is 3.78. The van der Waals surface area contributed by atoms with Gasteiger partial charge in [0.05, 0.1) is 7.11 Å². The number of nitrogens with one attached hydrogen (secondary N) is 1. The predicted molar refractivity (Wildman–Crippen MR) is 79.6 cm³/mol. The molecule has 0 radical (unpaired) electrons. The van der Waals surface area contributed by atoms with Crippen LogP contribution in [0.3, 0.4) is 0 Å². The van der Waals surface area contributed by atoms with Gasteiger partial charge in [0.1, 0.15) is 5.75 Å². The van der Waals surface area contributed by atoms with Crippen LogP contribution in [-0.2, 0) is 0 Å². The minimum absolute atomic E-state index is 0.502. The van der Waals surface area contributed by atoms with Gasteiger partial charge in [-0.15, -0.1) is 0 Å². The Kier molecular flexibility index (Phi) is 4.83. The molecule has 0 bridgehead atoms. The van der Waals surface area contributed by atoms with Gasteiger partial charge >= 0.3 is 0 Å². The molecule has 0 amide bonds. The highest BCUT2D eigenvalue weighted by Crippen LogP contribution is 2.39. The Balaban J connectivity index is 2.28. The van der Waals surface area contributed by atoms with Crippen molar-refractivity contribution in [1.29, 1.82) is 0 Å². The number of methoxy groups -OCH3 is 1. The molecule has 2 rings (SSSR count). The Morgan fingerprint density at radius 2 is 2.21 bits per heavy atom. The fraction of sp³-hybridized carbons (Fsp3) is 0.625. The van der Waals surface area contributed by atoms with Gasteiger partial charge in [-0.2, -0.15) is 0 Å². The molecule has 0 saturated carbocycles. The average Bonchev–Trinajstić information content (AvgIpc) is 2.83. The lowest BCUT2D eigenvalue weighted by molar-refractivity contribution is 0.182. The monoisotopic (exact) mass is 262 g/mol. The van der Waals surface area contributed by atoms with E-state index in [1.165, 1.54) is 18.5 Å². The van der Waals surface area contributed by atoms with Crippen molar-refractivity contribution in [3.8, 4) is 5.75 Å². The summed E-state index contributed by atoms with van der Waals surface area (Å²) in [5, 5.41) is 3.34. The molecule has 3 heteroatoms. The third-order valence-corrected chi connectivity index (χ3v) is 4.13. The molecule has 1 fully saturated rings. The van der Waals surface area contributed by atoms with Crippen molar-refractivity contribution in [2.24, 2.45) is 5.92 Å². The van der Waals surface area contributed by atoms with E-state index in [0.717, 1.165) is 12.3 Å². The summed E-state index contributed by atoms with van der Waals surface area (Å²) in [4.78, 5) is 2.61. The molecule has 1 heterocycles. The van der Waals surface area contributed by atoms with Crippen LogP contribution in [0.2, 0.25) is 0 Å². The second-order valence-electron chi connectivity index (χ2n) is 5.66. The molecule has 0 spiro atoms. The number of rotatable bonds is 5. The second-order valence-corrected chi connectivity index (χ2v) is 5.66. The van der Waals surface area contributed by atoms with Crippen molar-refractivity contribution in [1.82, 2.24) is 10.2 Å². The van der Waals surface area contributed by atoms with E-state index in [1.807, 2.05) is 13.1 Å². The van der Waals surface area contributed by atoms with Gasteiger partial charge in [-0.1, -0.05) is 12.1 Å². The summed E-state index contributed by atoms with van der Waals surface area (Å²) in [6.45, 7) is 6.83. The van der Waals surface area contributed by atoms with E-state index in [0.29, 0.717) is 18.0 Å². The molecule has 19 heavy (non-hydrogen) atoms. The van der Waals surface area contributed by atoms with Crippen molar-refractivity contribution >= 4 is 0 Å². The summed E-state index contributed by atoms with van der Waals surface area (Å²) >= 11 is 0. The molecular weight excluding hydrogens is 236 g/mol. The molecule has 1 saturated heterocycles. The van der Waals surface area contributed by atoms with Crippen LogP contribution in [0.5, 0.6) is 5.75 Å². The number of nitrogens with zero attached hydrogens (tertiary/aromatic N) is 1. The molecule has 1 N–H and O–H groups in total. The van der Waals surface area contributed by atoms with E-state index in [4.69, 9.17) is 4.74 Å². The van der Waals surface area contributed by atoms with E-state index < -0.39 is 0 Å². The van der Waals surface area contributed by atoms with E-state index in [1.54, 1.807) is 7.11 Å². The summed E-state index contributed by atoms with van der Waals surface area (Å²) in [6.07, 6.45) is 1.26. The van der Waals surface area contributed by atoms with Crippen LogP contribution in [0.4, 0.5) is 0 Å². The van der Waals surface area contributed by atoms with Gasteiger partial charge in [-0.05, 0) is 64.0 Å². The smallest absolute Gasteiger partial charge is 0.119 e. The minimum atomic E-state index is 0.502. The summed E-state index contributed by atoms with van der Waals surface area (Å²) < 4.78 is 5.37. The Bertz CT molecular complexity index is 405. The predicted octanol–water partition coefficient (Wildman–Crippen LogP) is 2.69. The molecule has 1 aromatic rings. The van der Waals surface area contributed by atoms with Gasteiger partial charge in [0.15, 0.2) is 0 Å². The van der Waals surface area contributed by atoms with Gasteiger partial charge in [0.2, 0.25) is 0 Å². The van der Waals surface area contributed by atoms with Crippen molar-refractivity contribution in [2.75, 3.05) is 27.2 Å². The van der Waals surface area contributed by atoms with Crippen LogP contribution in [0, 0.1) is 5.92 Å². The summed E-state index contributed by atoms with van der Waals surface area (Å²) in [6, 6.07) is 9.62. The third kappa shape index (κ3) is 3.10. The fourth-order valence-corrected chi connectivity index (χ4v) is 3.23. The number of hydrogen-bond donors (Lipinski definition) is 1. The van der Waals surface area contributed by atoms with Crippen molar-refractivity contribution in [3.63, 3.8) is 0 Å². The van der Waals surface area contributed by atoms with Crippen LogP contribution >= 0.6 is 0 Å². The van der Waals surface area contributed by atoms with Gasteiger partial charge in [0.25, 0.3) is 0 Å². The second kappa shape index (κ2) is 6.40. The number of hydrogen-bond acceptors (Lipinski definition) is 3. The Hall–Kier alpha value is -1.06. The average molecular weight is 262 g/mol. The van der Waals surface area contributed by atoms with Gasteiger partial charge < -0.3 is 10.1 Å². The molecule has 1 aliphatic heterocycles. The van der Waals surface area contributed by atoms with Crippen molar-refractivity contribution in [2.45, 2.75) is 32.4 Å². The lowest BCUT2D eigenvalue weighted by Gasteiger charge is -2.32. The number of likely N-dealkylation sites (tertiary alicyclic amines) is 1. The first-order chi connectivity index (χ1) is 9.17. The zero-order valence-electron chi connectivity index (χ0n) is 12.5. The fourth-order valence-electron chi connectivity index (χ4n) is 3.23. The van der Waals surface area contributed by atoms with Gasteiger partial charge in [0, 0.05) is 12.1 Å². The highest BCUT2D eigenvalue weighted by Gasteiger charge is 2.36. The van der Waals surface area contributed by atoms with Crippen molar-refractivity contribution in [3.05, 3.63) is 29.8 Å². The van der Waals surface area contributed by atoms with Crippen molar-refractivity contribution < 1.29 is 4.74 Å². The number of benzene rings is 1. The van der Waals surface area contributed by atoms with E-state index in [-0.39, 0.29) is 0 Å². The quantitative estimate of drug-likeness (QED) is 0.883.